The van der Waals surface area contributed by atoms with E-state index in [1.165, 1.54) is 0 Å². The van der Waals surface area contributed by atoms with Gasteiger partial charge in [0, 0.05) is 5.41 Å². The van der Waals surface area contributed by atoms with Gasteiger partial charge in [0.15, 0.2) is 0 Å². The van der Waals surface area contributed by atoms with Crippen LogP contribution in [0.15, 0.2) is 48.5 Å². The summed E-state index contributed by atoms with van der Waals surface area (Å²) in [6.07, 6.45) is 4.91. The zero-order valence-corrected chi connectivity index (χ0v) is 24.1. The minimum atomic E-state index is -0.873. The van der Waals surface area contributed by atoms with Gasteiger partial charge in [0.25, 0.3) is 0 Å². The van der Waals surface area contributed by atoms with Crippen molar-refractivity contribution in [2.75, 3.05) is 0 Å². The number of benzene rings is 2. The third kappa shape index (κ3) is 6.10. The van der Waals surface area contributed by atoms with Crippen LogP contribution in [0.1, 0.15) is 105 Å². The van der Waals surface area contributed by atoms with E-state index in [4.69, 9.17) is 9.47 Å². The van der Waals surface area contributed by atoms with Crippen molar-refractivity contribution >= 4 is 11.9 Å². The summed E-state index contributed by atoms with van der Waals surface area (Å²) in [6.45, 7) is 15.7. The average Bonchev–Trinajstić information content (AvgIpc) is 3.09. The summed E-state index contributed by atoms with van der Waals surface area (Å²) < 4.78 is 12.2. The Labute approximate surface area is 224 Å². The maximum atomic E-state index is 14.2. The van der Waals surface area contributed by atoms with Crippen molar-refractivity contribution in [1.29, 1.82) is 0 Å². The summed E-state index contributed by atoms with van der Waals surface area (Å²) >= 11 is 0. The number of ether oxygens (including phenoxy) is 2. The Hall–Kier alpha value is -2.62. The first kappa shape index (κ1) is 28.9. The molecule has 2 aromatic carbocycles. The van der Waals surface area contributed by atoms with Crippen molar-refractivity contribution in [1.82, 2.24) is 0 Å². The lowest BCUT2D eigenvalue weighted by atomic mass is 9.58. The SMILES string of the molecule is CCCCC(C(=O)OC(C)(C)C)C1(C(CCCC)C(=O)OC(C)(C)C)c2ccccc2-c2ccccc21. The molecule has 2 atom stereocenters. The van der Waals surface area contributed by atoms with Crippen molar-refractivity contribution in [3.63, 3.8) is 0 Å². The van der Waals surface area contributed by atoms with Crippen molar-refractivity contribution in [2.24, 2.45) is 11.8 Å². The standard InChI is InChI=1S/C33H46O4/c1-9-11-19-27(29(34)36-31(3,4)5)33(28(20-12-10-2)30(35)37-32(6,7)8)25-21-15-13-17-23(25)24-18-14-16-22-26(24)33/h13-18,21-22,27-28H,9-12,19-20H2,1-8H3. The fourth-order valence-corrected chi connectivity index (χ4v) is 5.92. The molecule has 1 aliphatic carbocycles. The van der Waals surface area contributed by atoms with E-state index in [0.717, 1.165) is 47.9 Å². The van der Waals surface area contributed by atoms with E-state index in [0.29, 0.717) is 12.8 Å². The molecule has 4 heteroatoms. The quantitative estimate of drug-likeness (QED) is 0.304. The second-order valence-electron chi connectivity index (χ2n) is 12.4. The molecule has 0 spiro atoms. The third-order valence-electron chi connectivity index (χ3n) is 7.21. The van der Waals surface area contributed by atoms with E-state index >= 15 is 0 Å². The van der Waals surface area contributed by atoms with Crippen LogP contribution in [0.5, 0.6) is 0 Å². The van der Waals surface area contributed by atoms with Crippen LogP contribution in [0.25, 0.3) is 11.1 Å². The lowest BCUT2D eigenvalue weighted by Crippen LogP contribution is -2.51. The predicted molar refractivity (Wildman–Crippen MR) is 150 cm³/mol. The van der Waals surface area contributed by atoms with Gasteiger partial charge >= 0.3 is 11.9 Å². The molecule has 3 rings (SSSR count). The van der Waals surface area contributed by atoms with Crippen LogP contribution in [0.2, 0.25) is 0 Å². The Balaban J connectivity index is 2.39. The van der Waals surface area contributed by atoms with Crippen LogP contribution in [-0.4, -0.2) is 23.1 Å². The second kappa shape index (κ2) is 11.4. The van der Waals surface area contributed by atoms with Crippen molar-refractivity contribution in [3.8, 4) is 11.1 Å². The molecule has 0 saturated carbocycles. The van der Waals surface area contributed by atoms with Gasteiger partial charge in [-0.05, 0) is 76.6 Å². The second-order valence-corrected chi connectivity index (χ2v) is 12.4. The Morgan fingerprint density at radius 1 is 0.676 bits per heavy atom. The van der Waals surface area contributed by atoms with Gasteiger partial charge < -0.3 is 9.47 Å². The topological polar surface area (TPSA) is 52.6 Å². The van der Waals surface area contributed by atoms with E-state index in [2.05, 4.69) is 38.1 Å². The zero-order chi connectivity index (χ0) is 27.4. The fraction of sp³-hybridized carbons (Fsp3) is 0.576. The van der Waals surface area contributed by atoms with Crippen LogP contribution in [0.4, 0.5) is 0 Å². The molecule has 4 nitrogen and oxygen atoms in total. The number of unbranched alkanes of at least 4 members (excludes halogenated alkanes) is 2. The molecule has 2 aromatic rings. The average molecular weight is 507 g/mol. The molecule has 0 amide bonds. The van der Waals surface area contributed by atoms with E-state index in [9.17, 15) is 9.59 Å². The number of rotatable bonds is 10. The van der Waals surface area contributed by atoms with Crippen molar-refractivity contribution in [3.05, 3.63) is 59.7 Å². The molecule has 0 aliphatic heterocycles. The minimum Gasteiger partial charge on any atom is -0.460 e. The highest BCUT2D eigenvalue weighted by atomic mass is 16.6. The summed E-state index contributed by atoms with van der Waals surface area (Å²) in [4.78, 5) is 28.4. The molecule has 0 bridgehead atoms. The van der Waals surface area contributed by atoms with Crippen LogP contribution < -0.4 is 0 Å². The summed E-state index contributed by atoms with van der Waals surface area (Å²) in [5, 5.41) is 0. The predicted octanol–water partition coefficient (Wildman–Crippen LogP) is 8.25. The van der Waals surface area contributed by atoms with Gasteiger partial charge in [-0.2, -0.15) is 0 Å². The van der Waals surface area contributed by atoms with Crippen LogP contribution in [0, 0.1) is 11.8 Å². The molecule has 0 N–H and O–H groups in total. The molecule has 37 heavy (non-hydrogen) atoms. The number of esters is 2. The molecule has 0 fully saturated rings. The molecule has 0 radical (unpaired) electrons. The van der Waals surface area contributed by atoms with Gasteiger partial charge in [0.2, 0.25) is 0 Å². The van der Waals surface area contributed by atoms with Gasteiger partial charge in [-0.1, -0.05) is 88.1 Å². The monoisotopic (exact) mass is 506 g/mol. The van der Waals surface area contributed by atoms with E-state index in [1.807, 2.05) is 65.8 Å². The summed E-state index contributed by atoms with van der Waals surface area (Å²) in [7, 11) is 0. The van der Waals surface area contributed by atoms with E-state index < -0.39 is 28.5 Å². The number of hydrogen-bond donors (Lipinski definition) is 0. The first-order valence-corrected chi connectivity index (χ1v) is 14.0. The van der Waals surface area contributed by atoms with Gasteiger partial charge in [0.05, 0.1) is 11.8 Å². The fourth-order valence-electron chi connectivity index (χ4n) is 5.92. The Kier molecular flexibility index (Phi) is 8.93. The highest BCUT2D eigenvalue weighted by Gasteiger charge is 2.59. The maximum Gasteiger partial charge on any atom is 0.310 e. The molecule has 0 saturated heterocycles. The largest absolute Gasteiger partial charge is 0.460 e. The Morgan fingerprint density at radius 3 is 1.35 bits per heavy atom. The van der Waals surface area contributed by atoms with E-state index in [1.54, 1.807) is 0 Å². The third-order valence-corrected chi connectivity index (χ3v) is 7.21. The molecule has 2 unspecified atom stereocenters. The number of fused-ring (bicyclic) bond motifs is 3. The highest BCUT2D eigenvalue weighted by Crippen LogP contribution is 2.59. The minimum absolute atomic E-state index is 0.238. The number of carbonyl (C=O) groups is 2. The summed E-state index contributed by atoms with van der Waals surface area (Å²) in [6, 6.07) is 16.6. The van der Waals surface area contributed by atoms with E-state index in [-0.39, 0.29) is 11.9 Å². The normalized spacial score (nSPS) is 15.9. The molecule has 0 aromatic heterocycles. The molecular weight excluding hydrogens is 460 g/mol. The lowest BCUT2D eigenvalue weighted by molar-refractivity contribution is -0.169. The molecule has 1 aliphatic rings. The van der Waals surface area contributed by atoms with Gasteiger partial charge in [-0.15, -0.1) is 0 Å². The van der Waals surface area contributed by atoms with Gasteiger partial charge in [0.1, 0.15) is 11.2 Å². The highest BCUT2D eigenvalue weighted by molar-refractivity contribution is 5.90. The lowest BCUT2D eigenvalue weighted by Gasteiger charge is -2.44. The van der Waals surface area contributed by atoms with Gasteiger partial charge in [-0.25, -0.2) is 0 Å². The van der Waals surface area contributed by atoms with Gasteiger partial charge in [-0.3, -0.25) is 9.59 Å². The Bertz CT molecular complexity index is 998. The molecule has 0 heterocycles. The van der Waals surface area contributed by atoms with Crippen LogP contribution >= 0.6 is 0 Å². The first-order chi connectivity index (χ1) is 17.4. The molecule has 202 valence electrons. The summed E-state index contributed by atoms with van der Waals surface area (Å²) in [5.74, 6) is -1.52. The van der Waals surface area contributed by atoms with Crippen LogP contribution in [0.3, 0.4) is 0 Å². The van der Waals surface area contributed by atoms with Crippen LogP contribution in [-0.2, 0) is 24.5 Å². The van der Waals surface area contributed by atoms with Crippen molar-refractivity contribution < 1.29 is 19.1 Å². The maximum absolute atomic E-state index is 14.2. The van der Waals surface area contributed by atoms with Crippen molar-refractivity contribution in [2.45, 2.75) is 111 Å². The smallest absolute Gasteiger partial charge is 0.310 e. The number of hydrogen-bond acceptors (Lipinski definition) is 4. The summed E-state index contributed by atoms with van der Waals surface area (Å²) in [5.41, 5.74) is 2.12. The first-order valence-electron chi connectivity index (χ1n) is 14.0. The zero-order valence-electron chi connectivity index (χ0n) is 24.1. The number of carbonyl (C=O) groups excluding carboxylic acids is 2. The molecular formula is C33H46O4. The Morgan fingerprint density at radius 2 is 1.03 bits per heavy atom.